The van der Waals surface area contributed by atoms with Crippen LogP contribution in [0.5, 0.6) is 0 Å². The van der Waals surface area contributed by atoms with Crippen molar-refractivity contribution in [2.75, 3.05) is 5.32 Å². The fraction of sp³-hybridized carbons (Fsp3) is 0.500. The van der Waals surface area contributed by atoms with Gasteiger partial charge in [-0.05, 0) is 53.1 Å². The van der Waals surface area contributed by atoms with Crippen LogP contribution in [0.2, 0.25) is 0 Å². The fourth-order valence-electron chi connectivity index (χ4n) is 3.77. The van der Waals surface area contributed by atoms with Gasteiger partial charge in [-0.2, -0.15) is 0 Å². The van der Waals surface area contributed by atoms with E-state index in [4.69, 9.17) is 0 Å². The molecule has 2 aliphatic rings. The first-order valence-electron chi connectivity index (χ1n) is 6.90. The van der Waals surface area contributed by atoms with Crippen molar-refractivity contribution in [2.24, 2.45) is 17.8 Å². The molecule has 112 valence electrons. The molecule has 0 amide bonds. The van der Waals surface area contributed by atoms with Crippen molar-refractivity contribution in [3.8, 4) is 0 Å². The maximum absolute atomic E-state index is 11.5. The lowest BCUT2D eigenvalue weighted by Crippen LogP contribution is -2.39. The van der Waals surface area contributed by atoms with Crippen molar-refractivity contribution < 1.29 is 14.8 Å². The summed E-state index contributed by atoms with van der Waals surface area (Å²) in [6.07, 6.45) is 3.00. The maximum Gasteiger partial charge on any atom is 0.308 e. The average molecular weight is 355 g/mol. The number of hydrogen-bond donors (Lipinski definition) is 2. The zero-order valence-electron chi connectivity index (χ0n) is 11.2. The van der Waals surface area contributed by atoms with Gasteiger partial charge in [0.1, 0.15) is 0 Å². The van der Waals surface area contributed by atoms with Crippen LogP contribution in [0.1, 0.15) is 19.3 Å². The molecule has 0 aliphatic heterocycles. The minimum atomic E-state index is -0.752. The largest absolute Gasteiger partial charge is 0.481 e. The van der Waals surface area contributed by atoms with E-state index >= 15 is 0 Å². The lowest BCUT2D eigenvalue weighted by Gasteiger charge is -2.30. The van der Waals surface area contributed by atoms with Crippen molar-refractivity contribution >= 4 is 33.3 Å². The minimum Gasteiger partial charge on any atom is -0.481 e. The number of halogens is 1. The number of carboxylic acids is 1. The number of fused-ring (bicyclic) bond motifs is 2. The number of nitrogens with zero attached hydrogens (tertiary/aromatic N) is 1. The van der Waals surface area contributed by atoms with E-state index in [9.17, 15) is 20.0 Å². The summed E-state index contributed by atoms with van der Waals surface area (Å²) in [5.74, 6) is -0.497. The lowest BCUT2D eigenvalue weighted by molar-refractivity contribution is -0.384. The molecular weight excluding hydrogens is 340 g/mol. The van der Waals surface area contributed by atoms with E-state index in [1.807, 2.05) is 0 Å². The first-order chi connectivity index (χ1) is 9.97. The molecule has 0 saturated heterocycles. The summed E-state index contributed by atoms with van der Waals surface area (Å²) >= 11 is 3.32. The summed E-state index contributed by atoms with van der Waals surface area (Å²) in [7, 11) is 0. The number of anilines is 1. The van der Waals surface area contributed by atoms with Crippen molar-refractivity contribution in [2.45, 2.75) is 25.3 Å². The second-order valence-electron chi connectivity index (χ2n) is 5.79. The third-order valence-electron chi connectivity index (χ3n) is 4.69. The van der Waals surface area contributed by atoms with Gasteiger partial charge in [-0.1, -0.05) is 0 Å². The second kappa shape index (κ2) is 5.29. The van der Waals surface area contributed by atoms with Crippen molar-refractivity contribution in [3.63, 3.8) is 0 Å². The quantitative estimate of drug-likeness (QED) is 0.639. The minimum absolute atomic E-state index is 0.00940. The number of nitrogens with one attached hydrogen (secondary N) is 1. The average Bonchev–Trinajstić information content (AvgIpc) is 3.01. The molecule has 0 aromatic heterocycles. The number of rotatable bonds is 4. The smallest absolute Gasteiger partial charge is 0.308 e. The molecule has 1 aromatic carbocycles. The maximum atomic E-state index is 11.5. The summed E-state index contributed by atoms with van der Waals surface area (Å²) in [6.45, 7) is 0. The van der Waals surface area contributed by atoms with Crippen LogP contribution in [0, 0.1) is 27.9 Å². The van der Waals surface area contributed by atoms with Crippen molar-refractivity contribution in [3.05, 3.63) is 32.8 Å². The van der Waals surface area contributed by atoms with Crippen LogP contribution in [0.4, 0.5) is 11.4 Å². The molecule has 4 atom stereocenters. The number of non-ortho nitro benzene ring substituents is 1. The molecule has 4 unspecified atom stereocenters. The van der Waals surface area contributed by atoms with E-state index in [1.54, 1.807) is 6.07 Å². The van der Waals surface area contributed by atoms with Gasteiger partial charge >= 0.3 is 5.97 Å². The molecule has 0 heterocycles. The molecule has 1 aromatic rings. The Balaban J connectivity index is 1.83. The summed E-state index contributed by atoms with van der Waals surface area (Å²) < 4.78 is 0.587. The van der Waals surface area contributed by atoms with Crippen LogP contribution in [0.25, 0.3) is 0 Å². The molecule has 2 saturated carbocycles. The lowest BCUT2D eigenvalue weighted by atomic mass is 9.84. The third-order valence-corrected chi connectivity index (χ3v) is 5.34. The molecule has 0 spiro atoms. The van der Waals surface area contributed by atoms with Crippen molar-refractivity contribution in [1.29, 1.82) is 0 Å². The molecule has 2 N–H and O–H groups in total. The normalized spacial score (nSPS) is 30.3. The molecule has 2 aliphatic carbocycles. The molecule has 6 nitrogen and oxygen atoms in total. The van der Waals surface area contributed by atoms with E-state index in [-0.39, 0.29) is 23.6 Å². The van der Waals surface area contributed by atoms with Gasteiger partial charge in [-0.3, -0.25) is 14.9 Å². The van der Waals surface area contributed by atoms with Crippen LogP contribution in [-0.4, -0.2) is 22.0 Å². The van der Waals surface area contributed by atoms with Gasteiger partial charge in [0, 0.05) is 28.3 Å². The highest BCUT2D eigenvalue weighted by Gasteiger charge is 2.51. The first-order valence-corrected chi connectivity index (χ1v) is 7.70. The van der Waals surface area contributed by atoms with Gasteiger partial charge in [0.15, 0.2) is 0 Å². The number of carbonyl (C=O) groups is 1. The highest BCUT2D eigenvalue weighted by atomic mass is 79.9. The highest BCUT2D eigenvalue weighted by Crippen LogP contribution is 2.50. The van der Waals surface area contributed by atoms with Crippen LogP contribution < -0.4 is 5.32 Å². The van der Waals surface area contributed by atoms with Gasteiger partial charge in [0.2, 0.25) is 0 Å². The number of carboxylic acid groups (broad SMARTS) is 1. The standard InChI is InChI=1S/C14H15BrN2O4/c15-10-6-9(17(20)21)3-4-11(10)16-13-8-2-1-7(5-8)12(13)14(18)19/h3-4,6-8,12-13,16H,1-2,5H2,(H,18,19). The molecular formula is C14H15BrN2O4. The van der Waals surface area contributed by atoms with Gasteiger partial charge in [-0.25, -0.2) is 0 Å². The van der Waals surface area contributed by atoms with Crippen LogP contribution >= 0.6 is 15.9 Å². The van der Waals surface area contributed by atoms with E-state index < -0.39 is 10.9 Å². The summed E-state index contributed by atoms with van der Waals surface area (Å²) in [5.41, 5.74) is 0.722. The number of nitro benzene ring substituents is 1. The van der Waals surface area contributed by atoms with Crippen LogP contribution in [-0.2, 0) is 4.79 Å². The predicted molar refractivity (Wildman–Crippen MR) is 80.2 cm³/mol. The van der Waals surface area contributed by atoms with Gasteiger partial charge < -0.3 is 10.4 Å². The predicted octanol–water partition coefficient (Wildman–Crippen LogP) is 3.27. The molecule has 2 fully saturated rings. The Hall–Kier alpha value is -1.63. The van der Waals surface area contributed by atoms with Crippen LogP contribution in [0.3, 0.4) is 0 Å². The number of aliphatic carboxylic acids is 1. The van der Waals surface area contributed by atoms with Crippen LogP contribution in [0.15, 0.2) is 22.7 Å². The monoisotopic (exact) mass is 354 g/mol. The Morgan fingerprint density at radius 1 is 1.38 bits per heavy atom. The topological polar surface area (TPSA) is 92.5 Å². The van der Waals surface area contributed by atoms with E-state index in [2.05, 4.69) is 21.2 Å². The molecule has 2 bridgehead atoms. The third kappa shape index (κ3) is 2.50. The number of nitro groups is 1. The Bertz CT molecular complexity index is 607. The van der Waals surface area contributed by atoms with Gasteiger partial charge in [0.05, 0.1) is 10.8 Å². The second-order valence-corrected chi connectivity index (χ2v) is 6.64. The highest BCUT2D eigenvalue weighted by molar-refractivity contribution is 9.10. The van der Waals surface area contributed by atoms with E-state index in [0.717, 1.165) is 19.3 Å². The summed E-state index contributed by atoms with van der Waals surface area (Å²) in [4.78, 5) is 21.8. The molecule has 21 heavy (non-hydrogen) atoms. The molecule has 0 radical (unpaired) electrons. The van der Waals surface area contributed by atoms with E-state index in [0.29, 0.717) is 16.1 Å². The Morgan fingerprint density at radius 2 is 2.10 bits per heavy atom. The van der Waals surface area contributed by atoms with Gasteiger partial charge in [0.25, 0.3) is 5.69 Å². The SMILES string of the molecule is O=C(O)C1C2CCC(C2)C1Nc1ccc([N+](=O)[O-])cc1Br. The Kier molecular flexibility index (Phi) is 3.61. The summed E-state index contributed by atoms with van der Waals surface area (Å²) in [6, 6.07) is 4.40. The summed E-state index contributed by atoms with van der Waals surface area (Å²) in [5, 5.41) is 23.5. The van der Waals surface area contributed by atoms with Crippen molar-refractivity contribution in [1.82, 2.24) is 0 Å². The molecule has 7 heteroatoms. The Labute approximate surface area is 129 Å². The fourth-order valence-corrected chi connectivity index (χ4v) is 4.25. The molecule has 3 rings (SSSR count). The van der Waals surface area contributed by atoms with E-state index in [1.165, 1.54) is 12.1 Å². The number of hydrogen-bond acceptors (Lipinski definition) is 4. The zero-order valence-corrected chi connectivity index (χ0v) is 12.7. The first kappa shape index (κ1) is 14.3. The Morgan fingerprint density at radius 3 is 2.71 bits per heavy atom. The zero-order chi connectivity index (χ0) is 15.1. The number of benzene rings is 1. The van der Waals surface area contributed by atoms with Gasteiger partial charge in [-0.15, -0.1) is 0 Å².